The molecule has 0 spiro atoms. The maximum absolute atomic E-state index is 12.0. The predicted octanol–water partition coefficient (Wildman–Crippen LogP) is -2.00. The van der Waals surface area contributed by atoms with Gasteiger partial charge in [0, 0.05) is 0 Å². The molecule has 96 valence electrons. The summed E-state index contributed by atoms with van der Waals surface area (Å²) in [7, 11) is 0. The monoisotopic (exact) mass is 688 g/mol. The van der Waals surface area contributed by atoms with Crippen molar-refractivity contribution in [2.75, 3.05) is 0 Å². The zero-order valence-electron chi connectivity index (χ0n) is 9.84. The van der Waals surface area contributed by atoms with E-state index in [4.69, 9.17) is 4.74 Å². The molecule has 0 aromatic heterocycles. The first-order valence-corrected chi connectivity index (χ1v) is 8.15. The molecule has 1 aliphatic heterocycles. The minimum absolute atomic E-state index is 0. The maximum Gasteiger partial charge on any atom is 2.00 e. The molecule has 0 bridgehead atoms. The first-order chi connectivity index (χ1) is 7.21. The van der Waals surface area contributed by atoms with Crippen LogP contribution in [-0.4, -0.2) is 25.3 Å². The van der Waals surface area contributed by atoms with E-state index in [-0.39, 0.29) is 62.6 Å². The molecular weight excluding hydrogens is 674 g/mol. The molecule has 1 fully saturated rings. The molecule has 0 saturated carbocycles. The van der Waals surface area contributed by atoms with E-state index >= 15 is 0 Å². The molecule has 1 saturated heterocycles. The van der Waals surface area contributed by atoms with Crippen molar-refractivity contribution in [3.05, 3.63) is 6.92 Å². The quantitative estimate of drug-likeness (QED) is 0.0692. The van der Waals surface area contributed by atoms with Crippen molar-refractivity contribution < 1.29 is 66.9 Å². The zero-order chi connectivity index (χ0) is 12.6. The number of halogens is 2. The van der Waals surface area contributed by atoms with Crippen molar-refractivity contribution in [3.8, 4) is 0 Å². The van der Waals surface area contributed by atoms with Crippen molar-refractivity contribution >= 4 is 34.8 Å². The van der Waals surface area contributed by atoms with Crippen LogP contribution in [0.25, 0.3) is 0 Å². The fourth-order valence-electron chi connectivity index (χ4n) is 0.864. The molecule has 1 aliphatic rings. The van der Waals surface area contributed by atoms with Gasteiger partial charge in [0.2, 0.25) is 0 Å². The van der Waals surface area contributed by atoms with Gasteiger partial charge in [0.1, 0.15) is 0 Å². The van der Waals surface area contributed by atoms with Crippen molar-refractivity contribution in [3.63, 3.8) is 0 Å². The SMILES string of the molecule is [CH2-][C@@](C)(OC(=O)C(C)(I)C1N[I-]1)[C@H](C)[C-]=O.[U+2]. The molecular formula is C10H14I2NO3U-. The number of carbonyl (C=O) groups excluding carboxylic acids is 2. The van der Waals surface area contributed by atoms with Gasteiger partial charge in [-0.2, -0.15) is 0 Å². The molecule has 0 radical (unpaired) electrons. The smallest absolute Gasteiger partial charge is 2.00 e. The Balaban J connectivity index is 0.00000256. The van der Waals surface area contributed by atoms with E-state index in [1.54, 1.807) is 20.1 Å². The number of hydrogen-bond acceptors (Lipinski definition) is 4. The Morgan fingerprint density at radius 1 is 1.65 bits per heavy atom. The van der Waals surface area contributed by atoms with Crippen molar-refractivity contribution in [2.45, 2.75) is 33.8 Å². The summed E-state index contributed by atoms with van der Waals surface area (Å²) < 4.78 is 8.19. The van der Waals surface area contributed by atoms with Crippen LogP contribution in [-0.2, 0) is 14.3 Å². The zero-order valence-corrected chi connectivity index (χ0v) is 18.3. The van der Waals surface area contributed by atoms with Crippen molar-refractivity contribution in [2.24, 2.45) is 5.92 Å². The molecule has 1 N–H and O–H groups in total. The van der Waals surface area contributed by atoms with Gasteiger partial charge in [-0.3, -0.25) is 0 Å². The fourth-order valence-corrected chi connectivity index (χ4v) is 4.16. The molecule has 0 amide bonds. The van der Waals surface area contributed by atoms with Gasteiger partial charge in [0.05, 0.1) is 0 Å². The molecule has 4 nitrogen and oxygen atoms in total. The summed E-state index contributed by atoms with van der Waals surface area (Å²) in [4.78, 5) is 22.5. The van der Waals surface area contributed by atoms with Gasteiger partial charge in [-0.05, 0) is 0 Å². The Labute approximate surface area is 150 Å². The Kier molecular flexibility index (Phi) is 7.51. The second kappa shape index (κ2) is 6.86. The standard InChI is InChI=1S/C10H14I2NO3.U/c1-6(5-14)9(2,3)16-8(15)10(4,11)7-12-13-7;/h6-7,13H,2H2,1,3-4H3;/q-3;+2/t6-,7?,9+,10?;/m1./s1. The van der Waals surface area contributed by atoms with E-state index in [1.165, 1.54) is 0 Å². The second-order valence-electron chi connectivity index (χ2n) is 4.20. The van der Waals surface area contributed by atoms with Crippen LogP contribution >= 0.6 is 22.6 Å². The first-order valence-electron chi connectivity index (χ1n) is 4.75. The van der Waals surface area contributed by atoms with Crippen molar-refractivity contribution in [1.29, 1.82) is 0 Å². The van der Waals surface area contributed by atoms with E-state index in [2.05, 4.69) is 33.0 Å². The number of nitrogens with one attached hydrogen (secondary N) is 1. The maximum atomic E-state index is 12.0. The van der Waals surface area contributed by atoms with E-state index < -0.39 is 14.9 Å². The van der Waals surface area contributed by atoms with Crippen LogP contribution in [0.5, 0.6) is 0 Å². The topological polar surface area (TPSA) is 65.3 Å². The largest absolute Gasteiger partial charge is 2.00 e. The fraction of sp³-hybridized carbons (Fsp3) is 0.700. The molecule has 1 heterocycles. The van der Waals surface area contributed by atoms with Gasteiger partial charge in [0.15, 0.2) is 0 Å². The molecule has 0 aliphatic carbocycles. The van der Waals surface area contributed by atoms with Crippen LogP contribution in [0.2, 0.25) is 0 Å². The van der Waals surface area contributed by atoms with Crippen LogP contribution in [0.4, 0.5) is 0 Å². The minimum atomic E-state index is -1.04. The average molecular weight is 688 g/mol. The van der Waals surface area contributed by atoms with E-state index in [9.17, 15) is 9.59 Å². The Bertz CT molecular complexity index is 306. The summed E-state index contributed by atoms with van der Waals surface area (Å²) in [6, 6.07) is 0. The second-order valence-corrected chi connectivity index (χ2v) is 8.93. The summed E-state index contributed by atoms with van der Waals surface area (Å²) in [6.45, 7) is 8.86. The molecule has 2 unspecified atom stereocenters. The third kappa shape index (κ3) is 4.90. The molecule has 4 atom stereocenters. The average Bonchev–Trinajstić information content (AvgIpc) is 2.98. The summed E-state index contributed by atoms with van der Waals surface area (Å²) in [6.07, 6.45) is 1.81. The first kappa shape index (κ1) is 18.6. The summed E-state index contributed by atoms with van der Waals surface area (Å²) in [5, 5.41) is 0. The van der Waals surface area contributed by atoms with Crippen LogP contribution in [0.3, 0.4) is 0 Å². The van der Waals surface area contributed by atoms with Crippen LogP contribution < -0.4 is 25.0 Å². The molecule has 17 heavy (non-hydrogen) atoms. The van der Waals surface area contributed by atoms with Gasteiger partial charge in [-0.25, -0.2) is 0 Å². The minimum Gasteiger partial charge on any atom is 2.00 e. The molecule has 7 heteroatoms. The van der Waals surface area contributed by atoms with Crippen LogP contribution in [0.15, 0.2) is 0 Å². The predicted molar refractivity (Wildman–Crippen MR) is 64.1 cm³/mol. The molecule has 0 aromatic carbocycles. The number of carbonyl (C=O) groups is 1. The summed E-state index contributed by atoms with van der Waals surface area (Å²) in [5.41, 5.74) is -1.04. The van der Waals surface area contributed by atoms with E-state index in [0.29, 0.717) is 0 Å². The van der Waals surface area contributed by atoms with Gasteiger partial charge in [-0.15, -0.1) is 0 Å². The van der Waals surface area contributed by atoms with Crippen LogP contribution in [0, 0.1) is 44.0 Å². The molecule has 0 aromatic rings. The normalized spacial score (nSPS) is 27.2. The van der Waals surface area contributed by atoms with E-state index in [0.717, 1.165) is 0 Å². The van der Waals surface area contributed by atoms with Gasteiger partial charge >= 0.3 is 152 Å². The Hall–Kier alpha value is 1.61. The Morgan fingerprint density at radius 2 is 2.12 bits per heavy atom. The number of hydrogen-bond donors (Lipinski definition) is 1. The number of alkyl halides is 2. The van der Waals surface area contributed by atoms with Gasteiger partial charge < -0.3 is 0 Å². The van der Waals surface area contributed by atoms with Gasteiger partial charge in [0.25, 0.3) is 0 Å². The third-order valence-electron chi connectivity index (χ3n) is 2.51. The Morgan fingerprint density at radius 3 is 2.47 bits per heavy atom. The van der Waals surface area contributed by atoms with Gasteiger partial charge in [-0.1, -0.05) is 0 Å². The third-order valence-corrected chi connectivity index (χ3v) is 7.26. The number of rotatable bonds is 5. The van der Waals surface area contributed by atoms with E-state index in [1.807, 2.05) is 6.92 Å². The van der Waals surface area contributed by atoms with Crippen LogP contribution in [0.1, 0.15) is 20.8 Å². The summed E-state index contributed by atoms with van der Waals surface area (Å²) in [5.74, 6) is -0.854. The van der Waals surface area contributed by atoms with Crippen molar-refractivity contribution in [1.82, 2.24) is 3.53 Å². The number of ether oxygens (including phenoxy) is 1. The molecule has 1 rings (SSSR count). The summed E-state index contributed by atoms with van der Waals surface area (Å²) >= 11 is 2.03. The number of esters is 1.